The van der Waals surface area contributed by atoms with E-state index >= 15 is 0 Å². The van der Waals surface area contributed by atoms with Crippen molar-refractivity contribution in [2.45, 2.75) is 52.5 Å². The highest BCUT2D eigenvalue weighted by Gasteiger charge is 2.41. The van der Waals surface area contributed by atoms with Crippen LogP contribution >= 0.6 is 0 Å². The third kappa shape index (κ3) is 2.48. The van der Waals surface area contributed by atoms with Crippen LogP contribution in [0.2, 0.25) is 0 Å². The molecule has 0 spiro atoms. The molecule has 2 aliphatic rings. The molecule has 1 heterocycles. The molecule has 1 aromatic rings. The molecule has 4 heteroatoms. The van der Waals surface area contributed by atoms with E-state index in [9.17, 15) is 0 Å². The van der Waals surface area contributed by atoms with Gasteiger partial charge in [0, 0.05) is 18.2 Å². The standard InChI is InChI=1S/C16H26N4/c1-4-17-15-10(2)16(19-9-18-15)20-11(3)14-8-12-5-6-13(14)7-12/h9,11-14H,4-8H2,1-3H3,(H2,17,18,19,20). The van der Waals surface area contributed by atoms with E-state index in [1.54, 1.807) is 6.33 Å². The highest BCUT2D eigenvalue weighted by atomic mass is 15.1. The monoisotopic (exact) mass is 274 g/mol. The summed E-state index contributed by atoms with van der Waals surface area (Å²) >= 11 is 0. The van der Waals surface area contributed by atoms with Crippen molar-refractivity contribution in [2.75, 3.05) is 17.2 Å². The lowest BCUT2D eigenvalue weighted by molar-refractivity contribution is 0.304. The van der Waals surface area contributed by atoms with E-state index in [0.29, 0.717) is 6.04 Å². The van der Waals surface area contributed by atoms with Crippen molar-refractivity contribution in [3.8, 4) is 0 Å². The van der Waals surface area contributed by atoms with E-state index in [4.69, 9.17) is 0 Å². The molecular weight excluding hydrogens is 248 g/mol. The quantitative estimate of drug-likeness (QED) is 0.863. The minimum Gasteiger partial charge on any atom is -0.370 e. The largest absolute Gasteiger partial charge is 0.370 e. The second kappa shape index (κ2) is 5.58. The van der Waals surface area contributed by atoms with E-state index in [0.717, 1.165) is 41.5 Å². The molecule has 1 aromatic heterocycles. The SMILES string of the molecule is CCNc1ncnc(NC(C)C2CC3CCC2C3)c1C. The Labute approximate surface area is 121 Å². The fourth-order valence-electron chi connectivity index (χ4n) is 4.17. The Bertz CT molecular complexity index is 474. The Morgan fingerprint density at radius 3 is 2.70 bits per heavy atom. The highest BCUT2D eigenvalue weighted by Crippen LogP contribution is 2.49. The summed E-state index contributed by atoms with van der Waals surface area (Å²) in [6.45, 7) is 7.39. The van der Waals surface area contributed by atoms with Gasteiger partial charge in [0.25, 0.3) is 0 Å². The Hall–Kier alpha value is -1.32. The molecule has 0 amide bonds. The first kappa shape index (κ1) is 13.7. The van der Waals surface area contributed by atoms with E-state index in [1.807, 2.05) is 0 Å². The fraction of sp³-hybridized carbons (Fsp3) is 0.750. The molecule has 2 N–H and O–H groups in total. The number of hydrogen-bond donors (Lipinski definition) is 2. The van der Waals surface area contributed by atoms with Crippen LogP contribution in [-0.2, 0) is 0 Å². The van der Waals surface area contributed by atoms with Crippen LogP contribution < -0.4 is 10.6 Å². The van der Waals surface area contributed by atoms with Crippen molar-refractivity contribution >= 4 is 11.6 Å². The van der Waals surface area contributed by atoms with Gasteiger partial charge in [-0.05, 0) is 57.8 Å². The van der Waals surface area contributed by atoms with Gasteiger partial charge in [0.1, 0.15) is 18.0 Å². The van der Waals surface area contributed by atoms with Gasteiger partial charge in [-0.15, -0.1) is 0 Å². The Kier molecular flexibility index (Phi) is 3.81. The topological polar surface area (TPSA) is 49.8 Å². The van der Waals surface area contributed by atoms with Gasteiger partial charge in [-0.25, -0.2) is 9.97 Å². The minimum atomic E-state index is 0.508. The molecule has 2 saturated carbocycles. The molecule has 2 fully saturated rings. The van der Waals surface area contributed by atoms with Crippen LogP contribution in [0.3, 0.4) is 0 Å². The molecule has 4 nitrogen and oxygen atoms in total. The second-order valence-electron chi connectivity index (χ2n) is 6.50. The van der Waals surface area contributed by atoms with Crippen LogP contribution in [0.15, 0.2) is 6.33 Å². The molecule has 20 heavy (non-hydrogen) atoms. The van der Waals surface area contributed by atoms with E-state index in [-0.39, 0.29) is 0 Å². The van der Waals surface area contributed by atoms with Crippen molar-refractivity contribution in [2.24, 2.45) is 17.8 Å². The molecule has 0 aromatic carbocycles. The number of hydrogen-bond acceptors (Lipinski definition) is 4. The maximum atomic E-state index is 4.43. The summed E-state index contributed by atoms with van der Waals surface area (Å²) in [6, 6.07) is 0.508. The zero-order valence-electron chi connectivity index (χ0n) is 12.8. The average Bonchev–Trinajstić information content (AvgIpc) is 3.06. The number of nitrogens with one attached hydrogen (secondary N) is 2. The Morgan fingerprint density at radius 1 is 1.25 bits per heavy atom. The van der Waals surface area contributed by atoms with Gasteiger partial charge in [0.05, 0.1) is 0 Å². The molecule has 0 saturated heterocycles. The van der Waals surface area contributed by atoms with E-state index in [1.165, 1.54) is 25.7 Å². The zero-order chi connectivity index (χ0) is 14.1. The first-order valence-electron chi connectivity index (χ1n) is 8.01. The van der Waals surface area contributed by atoms with E-state index < -0.39 is 0 Å². The molecule has 0 aliphatic heterocycles. The molecule has 4 atom stereocenters. The number of anilines is 2. The summed E-state index contributed by atoms with van der Waals surface area (Å²) in [4.78, 5) is 8.74. The van der Waals surface area contributed by atoms with Crippen molar-refractivity contribution in [3.63, 3.8) is 0 Å². The first-order valence-corrected chi connectivity index (χ1v) is 8.01. The second-order valence-corrected chi connectivity index (χ2v) is 6.50. The Balaban J connectivity index is 1.69. The number of rotatable bonds is 5. The van der Waals surface area contributed by atoms with Crippen molar-refractivity contribution in [3.05, 3.63) is 11.9 Å². The maximum Gasteiger partial charge on any atom is 0.134 e. The lowest BCUT2D eigenvalue weighted by Crippen LogP contribution is -2.30. The number of fused-ring (bicyclic) bond motifs is 2. The van der Waals surface area contributed by atoms with Crippen molar-refractivity contribution in [1.82, 2.24) is 9.97 Å². The summed E-state index contributed by atoms with van der Waals surface area (Å²) in [5.41, 5.74) is 1.13. The third-order valence-electron chi connectivity index (χ3n) is 5.23. The van der Waals surface area contributed by atoms with E-state index in [2.05, 4.69) is 41.4 Å². The van der Waals surface area contributed by atoms with Crippen LogP contribution in [0.1, 0.15) is 45.1 Å². The lowest BCUT2D eigenvalue weighted by Gasteiger charge is -2.29. The molecular formula is C16H26N4. The summed E-state index contributed by atoms with van der Waals surface area (Å²) in [7, 11) is 0. The fourth-order valence-corrected chi connectivity index (χ4v) is 4.17. The lowest BCUT2D eigenvalue weighted by atomic mass is 9.84. The summed E-state index contributed by atoms with van der Waals surface area (Å²) < 4.78 is 0. The summed E-state index contributed by atoms with van der Waals surface area (Å²) in [5.74, 6) is 4.71. The third-order valence-corrected chi connectivity index (χ3v) is 5.23. The molecule has 2 aliphatic carbocycles. The van der Waals surface area contributed by atoms with Gasteiger partial charge in [-0.2, -0.15) is 0 Å². The zero-order valence-corrected chi connectivity index (χ0v) is 12.8. The van der Waals surface area contributed by atoms with Crippen LogP contribution in [0.4, 0.5) is 11.6 Å². The smallest absolute Gasteiger partial charge is 0.134 e. The van der Waals surface area contributed by atoms with Crippen LogP contribution in [-0.4, -0.2) is 22.6 Å². The van der Waals surface area contributed by atoms with Gasteiger partial charge < -0.3 is 10.6 Å². The molecule has 3 rings (SSSR count). The number of nitrogens with zero attached hydrogens (tertiary/aromatic N) is 2. The van der Waals surface area contributed by atoms with Gasteiger partial charge in [-0.3, -0.25) is 0 Å². The highest BCUT2D eigenvalue weighted by molar-refractivity contribution is 5.56. The average molecular weight is 274 g/mol. The summed E-state index contributed by atoms with van der Waals surface area (Å²) in [6.07, 6.45) is 7.42. The Morgan fingerprint density at radius 2 is 2.05 bits per heavy atom. The number of aromatic nitrogens is 2. The van der Waals surface area contributed by atoms with Gasteiger partial charge in [-0.1, -0.05) is 6.42 Å². The van der Waals surface area contributed by atoms with Gasteiger partial charge in [0.2, 0.25) is 0 Å². The normalized spacial score (nSPS) is 29.4. The molecule has 2 bridgehead atoms. The molecule has 4 unspecified atom stereocenters. The molecule has 110 valence electrons. The van der Waals surface area contributed by atoms with Crippen molar-refractivity contribution < 1.29 is 0 Å². The minimum absolute atomic E-state index is 0.508. The summed E-state index contributed by atoms with van der Waals surface area (Å²) in [5, 5.41) is 6.94. The molecule has 0 radical (unpaired) electrons. The van der Waals surface area contributed by atoms with Crippen LogP contribution in [0.25, 0.3) is 0 Å². The predicted octanol–water partition coefficient (Wildman–Crippen LogP) is 3.45. The predicted molar refractivity (Wildman–Crippen MR) is 83.0 cm³/mol. The maximum absolute atomic E-state index is 4.43. The van der Waals surface area contributed by atoms with Crippen molar-refractivity contribution in [1.29, 1.82) is 0 Å². The van der Waals surface area contributed by atoms with Gasteiger partial charge >= 0.3 is 0 Å². The first-order chi connectivity index (χ1) is 9.69. The van der Waals surface area contributed by atoms with Crippen LogP contribution in [0, 0.1) is 24.7 Å². The van der Waals surface area contributed by atoms with Crippen LogP contribution in [0.5, 0.6) is 0 Å². The van der Waals surface area contributed by atoms with Gasteiger partial charge in [0.15, 0.2) is 0 Å².